The summed E-state index contributed by atoms with van der Waals surface area (Å²) in [6.07, 6.45) is 0. The van der Waals surface area contributed by atoms with Crippen molar-refractivity contribution in [3.05, 3.63) is 117 Å². The Morgan fingerprint density at radius 2 is 1.57 bits per heavy atom. The summed E-state index contributed by atoms with van der Waals surface area (Å²) in [6.45, 7) is 4.36. The van der Waals surface area contributed by atoms with E-state index in [0.717, 1.165) is 22.3 Å². The molecule has 3 aromatic carbocycles. The maximum absolute atomic E-state index is 13.5. The summed E-state index contributed by atoms with van der Waals surface area (Å²) >= 11 is 0. The molecule has 4 nitrogen and oxygen atoms in total. The van der Waals surface area contributed by atoms with Gasteiger partial charge in [-0.15, -0.1) is 0 Å². The van der Waals surface area contributed by atoms with Crippen LogP contribution >= 0.6 is 0 Å². The van der Waals surface area contributed by atoms with Crippen LogP contribution < -0.4 is 5.43 Å². The fourth-order valence-corrected chi connectivity index (χ4v) is 4.17. The quantitative estimate of drug-likeness (QED) is 0.482. The lowest BCUT2D eigenvalue weighted by atomic mass is 9.97. The van der Waals surface area contributed by atoms with Gasteiger partial charge >= 0.3 is 0 Å². The predicted molar refractivity (Wildman–Crippen MR) is 117 cm³/mol. The third-order valence-corrected chi connectivity index (χ3v) is 5.71. The molecule has 148 valence electrons. The molecule has 1 atom stereocenters. The number of hydrogen-bond acceptors (Lipinski definition) is 3. The molecule has 0 N–H and O–H groups in total. The van der Waals surface area contributed by atoms with Crippen LogP contribution in [0.5, 0.6) is 0 Å². The summed E-state index contributed by atoms with van der Waals surface area (Å²) < 4.78 is 6.00. The van der Waals surface area contributed by atoms with Crippen molar-refractivity contribution in [3.63, 3.8) is 0 Å². The van der Waals surface area contributed by atoms with E-state index < -0.39 is 6.04 Å². The maximum Gasteiger partial charge on any atom is 0.291 e. The zero-order valence-corrected chi connectivity index (χ0v) is 16.9. The number of fused-ring (bicyclic) bond motifs is 2. The first-order valence-corrected chi connectivity index (χ1v) is 10.0. The van der Waals surface area contributed by atoms with Gasteiger partial charge in [-0.2, -0.15) is 0 Å². The number of rotatable bonds is 3. The molecule has 1 unspecified atom stereocenters. The molecule has 0 spiro atoms. The average molecular weight is 395 g/mol. The number of aryl methyl sites for hydroxylation is 2. The topological polar surface area (TPSA) is 50.5 Å². The second-order valence-corrected chi connectivity index (χ2v) is 7.91. The van der Waals surface area contributed by atoms with Crippen molar-refractivity contribution < 1.29 is 9.21 Å². The monoisotopic (exact) mass is 395 g/mol. The van der Waals surface area contributed by atoms with Crippen molar-refractivity contribution >= 4 is 16.9 Å². The Hall–Kier alpha value is -3.66. The lowest BCUT2D eigenvalue weighted by Gasteiger charge is -2.25. The van der Waals surface area contributed by atoms with Crippen LogP contribution in [0.25, 0.3) is 11.0 Å². The highest BCUT2D eigenvalue weighted by Gasteiger charge is 2.42. The van der Waals surface area contributed by atoms with E-state index in [9.17, 15) is 9.59 Å². The standard InChI is InChI=1S/C26H21NO3/c1-16-8-11-19(12-9-16)23-22-24(28)20-14-17(2)10-13-21(20)30-25(22)26(29)27(23)15-18-6-4-3-5-7-18/h3-14,23H,15H2,1-2H3. The van der Waals surface area contributed by atoms with Crippen molar-refractivity contribution in [2.75, 3.05) is 0 Å². The summed E-state index contributed by atoms with van der Waals surface area (Å²) in [4.78, 5) is 28.7. The third-order valence-electron chi connectivity index (χ3n) is 5.71. The first-order chi connectivity index (χ1) is 14.5. The number of nitrogens with zero attached hydrogens (tertiary/aromatic N) is 1. The number of carbonyl (C=O) groups is 1. The molecule has 1 aliphatic rings. The van der Waals surface area contributed by atoms with Gasteiger partial charge < -0.3 is 9.32 Å². The van der Waals surface area contributed by atoms with Gasteiger partial charge in [0.1, 0.15) is 5.58 Å². The molecule has 1 aliphatic heterocycles. The molecule has 0 radical (unpaired) electrons. The second-order valence-electron chi connectivity index (χ2n) is 7.91. The van der Waals surface area contributed by atoms with E-state index in [1.54, 1.807) is 11.0 Å². The van der Waals surface area contributed by atoms with E-state index in [1.165, 1.54) is 0 Å². The van der Waals surface area contributed by atoms with E-state index in [2.05, 4.69) is 0 Å². The molecule has 2 heterocycles. The van der Waals surface area contributed by atoms with Gasteiger partial charge in [0.05, 0.1) is 17.0 Å². The normalized spacial score (nSPS) is 15.6. The van der Waals surface area contributed by atoms with Crippen LogP contribution in [0.3, 0.4) is 0 Å². The molecule has 0 fully saturated rings. The first-order valence-electron chi connectivity index (χ1n) is 10.0. The summed E-state index contributed by atoms with van der Waals surface area (Å²) in [5, 5.41) is 0.514. The third kappa shape index (κ3) is 2.92. The molecule has 0 bridgehead atoms. The van der Waals surface area contributed by atoms with Crippen LogP contribution in [0.1, 0.15) is 44.4 Å². The van der Waals surface area contributed by atoms with Crippen molar-refractivity contribution in [1.82, 2.24) is 4.90 Å². The van der Waals surface area contributed by atoms with Crippen molar-refractivity contribution in [2.24, 2.45) is 0 Å². The van der Waals surface area contributed by atoms with E-state index in [-0.39, 0.29) is 17.1 Å². The lowest BCUT2D eigenvalue weighted by Crippen LogP contribution is -2.29. The van der Waals surface area contributed by atoms with Crippen LogP contribution in [-0.2, 0) is 6.54 Å². The molecule has 1 aromatic heterocycles. The maximum atomic E-state index is 13.5. The van der Waals surface area contributed by atoms with Crippen LogP contribution in [0.15, 0.2) is 82.0 Å². The summed E-state index contributed by atoms with van der Waals surface area (Å²) in [5.74, 6) is -0.100. The van der Waals surface area contributed by atoms with E-state index in [0.29, 0.717) is 23.1 Å². The Morgan fingerprint density at radius 3 is 2.30 bits per heavy atom. The van der Waals surface area contributed by atoms with Gasteiger partial charge in [-0.05, 0) is 37.1 Å². The van der Waals surface area contributed by atoms with E-state index >= 15 is 0 Å². The smallest absolute Gasteiger partial charge is 0.291 e. The molecule has 1 amide bonds. The SMILES string of the molecule is Cc1ccc(C2c3c(oc4ccc(C)cc4c3=O)C(=O)N2Cc2ccccc2)cc1. The fraction of sp³-hybridized carbons (Fsp3) is 0.154. The molecular formula is C26H21NO3. The lowest BCUT2D eigenvalue weighted by molar-refractivity contribution is 0.0714. The Labute approximate surface area is 174 Å². The Morgan fingerprint density at radius 1 is 0.867 bits per heavy atom. The van der Waals surface area contributed by atoms with E-state index in [1.807, 2.05) is 80.6 Å². The summed E-state index contributed by atoms with van der Waals surface area (Å²) in [7, 11) is 0. The summed E-state index contributed by atoms with van der Waals surface area (Å²) in [6, 6.07) is 22.8. The minimum Gasteiger partial charge on any atom is -0.450 e. The fourth-order valence-electron chi connectivity index (χ4n) is 4.17. The molecule has 0 saturated carbocycles. The Bertz CT molecular complexity index is 1320. The highest BCUT2D eigenvalue weighted by Crippen LogP contribution is 2.39. The van der Waals surface area contributed by atoms with Gasteiger partial charge in [0.25, 0.3) is 5.91 Å². The minimum absolute atomic E-state index is 0.135. The van der Waals surface area contributed by atoms with Crippen LogP contribution in [0, 0.1) is 13.8 Å². The zero-order valence-electron chi connectivity index (χ0n) is 16.9. The van der Waals surface area contributed by atoms with Crippen LogP contribution in [-0.4, -0.2) is 10.8 Å². The van der Waals surface area contributed by atoms with Gasteiger partial charge in [0, 0.05) is 6.54 Å². The van der Waals surface area contributed by atoms with Gasteiger partial charge in [0.15, 0.2) is 5.43 Å². The number of benzene rings is 3. The van der Waals surface area contributed by atoms with Crippen LogP contribution in [0.2, 0.25) is 0 Å². The predicted octanol–water partition coefficient (Wildman–Crippen LogP) is 5.16. The summed E-state index contributed by atoms with van der Waals surface area (Å²) in [5.41, 5.74) is 4.75. The highest BCUT2D eigenvalue weighted by molar-refractivity contribution is 5.99. The first kappa shape index (κ1) is 18.4. The molecule has 0 saturated heterocycles. The molecule has 4 aromatic rings. The van der Waals surface area contributed by atoms with Gasteiger partial charge in [-0.1, -0.05) is 71.8 Å². The van der Waals surface area contributed by atoms with Gasteiger partial charge in [-0.25, -0.2) is 0 Å². The largest absolute Gasteiger partial charge is 0.450 e. The van der Waals surface area contributed by atoms with Crippen molar-refractivity contribution in [1.29, 1.82) is 0 Å². The highest BCUT2D eigenvalue weighted by atomic mass is 16.3. The number of carbonyl (C=O) groups excluding carboxylic acids is 1. The van der Waals surface area contributed by atoms with Crippen molar-refractivity contribution in [3.8, 4) is 0 Å². The van der Waals surface area contributed by atoms with Crippen LogP contribution in [0.4, 0.5) is 0 Å². The Balaban J connectivity index is 1.74. The molecule has 5 rings (SSSR count). The Kier molecular flexibility index (Phi) is 4.28. The average Bonchev–Trinajstić information content (AvgIpc) is 3.02. The van der Waals surface area contributed by atoms with E-state index in [4.69, 9.17) is 4.42 Å². The zero-order chi connectivity index (χ0) is 20.8. The molecule has 4 heteroatoms. The van der Waals surface area contributed by atoms with Gasteiger partial charge in [0.2, 0.25) is 5.76 Å². The molecule has 30 heavy (non-hydrogen) atoms. The minimum atomic E-state index is -0.477. The second kappa shape index (κ2) is 6.99. The molecular weight excluding hydrogens is 374 g/mol. The van der Waals surface area contributed by atoms with Gasteiger partial charge in [-0.3, -0.25) is 9.59 Å². The van der Waals surface area contributed by atoms with Crippen molar-refractivity contribution in [2.45, 2.75) is 26.4 Å². The number of hydrogen-bond donors (Lipinski definition) is 0. The number of amides is 1. The molecule has 0 aliphatic carbocycles.